The summed E-state index contributed by atoms with van der Waals surface area (Å²) in [4.78, 5) is 15.1. The lowest BCUT2D eigenvalue weighted by molar-refractivity contribution is 0.316. The molecule has 0 saturated carbocycles. The zero-order chi connectivity index (χ0) is 21.1. The van der Waals surface area contributed by atoms with Crippen molar-refractivity contribution in [3.05, 3.63) is 57.5 Å². The van der Waals surface area contributed by atoms with E-state index < -0.39 is 11.6 Å². The summed E-state index contributed by atoms with van der Waals surface area (Å²) in [6.07, 6.45) is 1.20. The molecule has 0 aliphatic rings. The van der Waals surface area contributed by atoms with Crippen LogP contribution in [0, 0.1) is 11.6 Å². The molecule has 0 unspecified atom stereocenters. The molecule has 0 spiro atoms. The lowest BCUT2D eigenvalue weighted by Crippen LogP contribution is -2.09. The van der Waals surface area contributed by atoms with Gasteiger partial charge in [0.2, 0.25) is 0 Å². The molecule has 0 amide bonds. The Morgan fingerprint density at radius 3 is 2.70 bits per heavy atom. The average molecular weight is 431 g/mol. The van der Waals surface area contributed by atoms with Crippen molar-refractivity contribution in [2.24, 2.45) is 0 Å². The molecule has 0 bridgehead atoms. The van der Waals surface area contributed by atoms with Crippen molar-refractivity contribution in [2.75, 3.05) is 11.9 Å². The summed E-state index contributed by atoms with van der Waals surface area (Å²) in [7, 11) is 0. The molecule has 0 aliphatic heterocycles. The number of H-pyrrole nitrogens is 1. The van der Waals surface area contributed by atoms with Crippen LogP contribution in [0.2, 0.25) is 0 Å². The number of pyridine rings is 1. The Morgan fingerprint density at radius 2 is 2.00 bits per heavy atom. The van der Waals surface area contributed by atoms with Crippen LogP contribution in [0.15, 0.2) is 29.1 Å². The van der Waals surface area contributed by atoms with Gasteiger partial charge in [-0.3, -0.25) is 0 Å². The fourth-order valence-electron chi connectivity index (χ4n) is 3.03. The number of anilines is 1. The number of aryl methyl sites for hydroxylation is 1. The number of fused-ring (bicyclic) bond motifs is 1. The summed E-state index contributed by atoms with van der Waals surface area (Å²) >= 11 is 1.48. The Bertz CT molecular complexity index is 1140. The van der Waals surface area contributed by atoms with Crippen molar-refractivity contribution >= 4 is 28.3 Å². The van der Waals surface area contributed by atoms with Crippen molar-refractivity contribution in [3.8, 4) is 11.8 Å². The van der Waals surface area contributed by atoms with Crippen LogP contribution in [0.3, 0.4) is 0 Å². The van der Waals surface area contributed by atoms with Gasteiger partial charge in [0.05, 0.1) is 23.3 Å². The van der Waals surface area contributed by atoms with Gasteiger partial charge in [0, 0.05) is 36.0 Å². The molecule has 3 heterocycles. The Balaban J connectivity index is 1.46. The Hall–Kier alpha value is -3.27. The van der Waals surface area contributed by atoms with E-state index in [2.05, 4.69) is 25.3 Å². The minimum atomic E-state index is -0.706. The van der Waals surface area contributed by atoms with Gasteiger partial charge in [-0.2, -0.15) is 4.98 Å². The second-order valence-electron chi connectivity index (χ2n) is 6.58. The zero-order valence-corrected chi connectivity index (χ0v) is 16.9. The SMILES string of the molecule is CCc1cc2[nH]c(O)nc2nc1NCc1c(F)cc(OCCc2cscn2)cc1F. The normalized spacial score (nSPS) is 11.2. The van der Waals surface area contributed by atoms with E-state index >= 15 is 0 Å². The van der Waals surface area contributed by atoms with Gasteiger partial charge in [0.25, 0.3) is 6.01 Å². The van der Waals surface area contributed by atoms with E-state index in [9.17, 15) is 13.9 Å². The second-order valence-corrected chi connectivity index (χ2v) is 7.30. The topological polar surface area (TPSA) is 96.0 Å². The smallest absolute Gasteiger partial charge is 0.293 e. The van der Waals surface area contributed by atoms with Crippen LogP contribution in [0.1, 0.15) is 23.7 Å². The molecule has 3 aromatic heterocycles. The number of imidazole rings is 1. The molecule has 1 aromatic carbocycles. The third-order valence-electron chi connectivity index (χ3n) is 4.58. The van der Waals surface area contributed by atoms with Gasteiger partial charge in [-0.1, -0.05) is 6.92 Å². The lowest BCUT2D eigenvalue weighted by Gasteiger charge is -2.13. The summed E-state index contributed by atoms with van der Waals surface area (Å²) in [5, 5.41) is 14.4. The van der Waals surface area contributed by atoms with Gasteiger partial charge in [-0.25, -0.2) is 18.7 Å². The van der Waals surface area contributed by atoms with E-state index in [0.717, 1.165) is 11.3 Å². The van der Waals surface area contributed by atoms with Gasteiger partial charge in [0.1, 0.15) is 23.2 Å². The van der Waals surface area contributed by atoms with E-state index in [1.165, 1.54) is 23.5 Å². The molecule has 156 valence electrons. The van der Waals surface area contributed by atoms with Crippen molar-refractivity contribution in [1.82, 2.24) is 19.9 Å². The Kier molecular flexibility index (Phi) is 5.75. The standard InChI is InChI=1S/C20H19F2N5O2S/c1-2-11-5-17-19(27-20(28)25-17)26-18(11)23-8-14-15(21)6-13(7-16(14)22)29-4-3-12-9-30-10-24-12/h5-7,9-10H,2-4,8H2,1H3,(H3,23,25,26,27,28). The first-order valence-electron chi connectivity index (χ1n) is 9.33. The number of aromatic amines is 1. The number of hydrogen-bond acceptors (Lipinski definition) is 7. The molecule has 0 atom stereocenters. The van der Waals surface area contributed by atoms with Gasteiger partial charge in [-0.15, -0.1) is 11.3 Å². The first kappa shape index (κ1) is 20.0. The van der Waals surface area contributed by atoms with Crippen LogP contribution >= 0.6 is 11.3 Å². The third kappa shape index (κ3) is 4.33. The molecular weight excluding hydrogens is 412 g/mol. The summed E-state index contributed by atoms with van der Waals surface area (Å²) in [6.45, 7) is 2.11. The number of aromatic nitrogens is 4. The Labute approximate surface area is 174 Å². The maximum atomic E-state index is 14.5. The van der Waals surface area contributed by atoms with E-state index in [4.69, 9.17) is 4.74 Å². The van der Waals surface area contributed by atoms with Crippen LogP contribution < -0.4 is 10.1 Å². The van der Waals surface area contributed by atoms with E-state index in [0.29, 0.717) is 29.8 Å². The number of nitrogens with one attached hydrogen (secondary N) is 2. The predicted octanol–water partition coefficient (Wildman–Crippen LogP) is 4.19. The number of benzene rings is 1. The number of aromatic hydroxyl groups is 1. The highest BCUT2D eigenvalue weighted by atomic mass is 32.1. The number of ether oxygens (including phenoxy) is 1. The van der Waals surface area contributed by atoms with Crippen molar-refractivity contribution < 1.29 is 18.6 Å². The molecule has 0 fully saturated rings. The number of nitrogens with zero attached hydrogens (tertiary/aromatic N) is 3. The number of rotatable bonds is 8. The molecule has 4 aromatic rings. The van der Waals surface area contributed by atoms with Crippen molar-refractivity contribution in [1.29, 1.82) is 0 Å². The quantitative estimate of drug-likeness (QED) is 0.387. The maximum absolute atomic E-state index is 14.5. The molecule has 0 radical (unpaired) electrons. The summed E-state index contributed by atoms with van der Waals surface area (Å²) in [5.74, 6) is -0.825. The van der Waals surface area contributed by atoms with E-state index in [-0.39, 0.29) is 30.5 Å². The molecular formula is C20H19F2N5O2S. The first-order chi connectivity index (χ1) is 14.5. The zero-order valence-electron chi connectivity index (χ0n) is 16.1. The summed E-state index contributed by atoms with van der Waals surface area (Å²) < 4.78 is 34.5. The molecule has 0 saturated heterocycles. The summed E-state index contributed by atoms with van der Waals surface area (Å²) in [5.41, 5.74) is 4.22. The number of thiazole rings is 1. The minimum Gasteiger partial charge on any atom is -0.493 e. The highest BCUT2D eigenvalue weighted by Gasteiger charge is 2.15. The van der Waals surface area contributed by atoms with Gasteiger partial charge >= 0.3 is 0 Å². The number of hydrogen-bond donors (Lipinski definition) is 3. The first-order valence-corrected chi connectivity index (χ1v) is 10.3. The highest BCUT2D eigenvalue weighted by Crippen LogP contribution is 2.25. The third-order valence-corrected chi connectivity index (χ3v) is 5.21. The minimum absolute atomic E-state index is 0.0985. The molecule has 3 N–H and O–H groups in total. The van der Waals surface area contributed by atoms with Crippen LogP contribution in [-0.4, -0.2) is 31.6 Å². The maximum Gasteiger partial charge on any atom is 0.293 e. The predicted molar refractivity (Wildman–Crippen MR) is 110 cm³/mol. The number of halogens is 2. The van der Waals surface area contributed by atoms with Gasteiger partial charge < -0.3 is 20.1 Å². The molecule has 30 heavy (non-hydrogen) atoms. The van der Waals surface area contributed by atoms with E-state index in [1.807, 2.05) is 12.3 Å². The molecule has 0 aliphatic carbocycles. The van der Waals surface area contributed by atoms with Crippen LogP contribution in [0.4, 0.5) is 14.6 Å². The lowest BCUT2D eigenvalue weighted by atomic mass is 10.1. The van der Waals surface area contributed by atoms with Crippen molar-refractivity contribution in [3.63, 3.8) is 0 Å². The fourth-order valence-corrected chi connectivity index (χ4v) is 3.63. The highest BCUT2D eigenvalue weighted by molar-refractivity contribution is 7.07. The largest absolute Gasteiger partial charge is 0.493 e. The monoisotopic (exact) mass is 431 g/mol. The van der Waals surface area contributed by atoms with E-state index in [1.54, 1.807) is 11.6 Å². The van der Waals surface area contributed by atoms with Crippen LogP contribution in [-0.2, 0) is 19.4 Å². The second kappa shape index (κ2) is 8.62. The van der Waals surface area contributed by atoms with Crippen LogP contribution in [0.5, 0.6) is 11.8 Å². The van der Waals surface area contributed by atoms with Gasteiger partial charge in [0.15, 0.2) is 5.65 Å². The molecule has 10 heteroatoms. The van der Waals surface area contributed by atoms with Crippen LogP contribution in [0.25, 0.3) is 11.2 Å². The Morgan fingerprint density at radius 1 is 1.20 bits per heavy atom. The average Bonchev–Trinajstić information content (AvgIpc) is 3.35. The van der Waals surface area contributed by atoms with Crippen molar-refractivity contribution in [2.45, 2.75) is 26.3 Å². The molecule has 7 nitrogen and oxygen atoms in total. The fraction of sp³-hybridized carbons (Fsp3) is 0.250. The van der Waals surface area contributed by atoms with Gasteiger partial charge in [-0.05, 0) is 18.1 Å². The molecule has 4 rings (SSSR count). The summed E-state index contributed by atoms with van der Waals surface area (Å²) in [6, 6.07) is 3.90.